The minimum atomic E-state index is 0. The standard InChI is InChI=1S/C20H41N5O.HI/c1-5-21-19(22-15-18(2)16-24-11-13-26-14-12-24)23-17-20(3,4)25-9-7-6-8-10-25;/h18H,5-17H2,1-4H3,(H2,21,22,23);1H. The monoisotopic (exact) mass is 495 g/mol. The van der Waals surface area contributed by atoms with Crippen LogP contribution < -0.4 is 10.6 Å². The first-order valence-corrected chi connectivity index (χ1v) is 10.6. The largest absolute Gasteiger partial charge is 0.379 e. The number of nitrogens with zero attached hydrogens (tertiary/aromatic N) is 3. The van der Waals surface area contributed by atoms with Crippen molar-refractivity contribution in [3.8, 4) is 0 Å². The van der Waals surface area contributed by atoms with Gasteiger partial charge in [-0.1, -0.05) is 13.3 Å². The van der Waals surface area contributed by atoms with Gasteiger partial charge >= 0.3 is 0 Å². The second-order valence-corrected chi connectivity index (χ2v) is 8.45. The summed E-state index contributed by atoms with van der Waals surface area (Å²) in [6.45, 7) is 19.2. The molecular formula is C20H42IN5O. The molecule has 0 amide bonds. The molecule has 1 unspecified atom stereocenters. The highest BCUT2D eigenvalue weighted by Crippen LogP contribution is 2.20. The summed E-state index contributed by atoms with van der Waals surface area (Å²) in [5.74, 6) is 1.54. The van der Waals surface area contributed by atoms with Crippen LogP contribution in [0.1, 0.15) is 47.0 Å². The third kappa shape index (κ3) is 9.28. The van der Waals surface area contributed by atoms with Crippen LogP contribution in [0.5, 0.6) is 0 Å². The smallest absolute Gasteiger partial charge is 0.191 e. The summed E-state index contributed by atoms with van der Waals surface area (Å²) in [7, 11) is 0. The number of hydrogen-bond donors (Lipinski definition) is 2. The first-order chi connectivity index (χ1) is 12.5. The predicted octanol–water partition coefficient (Wildman–Crippen LogP) is 2.39. The van der Waals surface area contributed by atoms with Crippen molar-refractivity contribution in [1.82, 2.24) is 20.4 Å². The topological polar surface area (TPSA) is 52.1 Å². The Labute approximate surface area is 183 Å². The summed E-state index contributed by atoms with van der Waals surface area (Å²) < 4.78 is 5.43. The fraction of sp³-hybridized carbons (Fsp3) is 0.950. The average Bonchev–Trinajstić information content (AvgIpc) is 2.65. The molecule has 2 aliphatic heterocycles. The lowest BCUT2D eigenvalue weighted by molar-refractivity contribution is 0.0320. The Morgan fingerprint density at radius 1 is 1.07 bits per heavy atom. The molecule has 1 atom stereocenters. The van der Waals surface area contributed by atoms with Crippen molar-refractivity contribution >= 4 is 29.9 Å². The van der Waals surface area contributed by atoms with Crippen LogP contribution >= 0.6 is 24.0 Å². The van der Waals surface area contributed by atoms with Gasteiger partial charge in [0.05, 0.1) is 19.8 Å². The third-order valence-corrected chi connectivity index (χ3v) is 5.47. The van der Waals surface area contributed by atoms with Gasteiger partial charge in [-0.15, -0.1) is 24.0 Å². The fourth-order valence-electron chi connectivity index (χ4n) is 3.77. The number of ether oxygens (including phenoxy) is 1. The number of rotatable bonds is 8. The molecule has 27 heavy (non-hydrogen) atoms. The lowest BCUT2D eigenvalue weighted by atomic mass is 9.99. The lowest BCUT2D eigenvalue weighted by Crippen LogP contribution is -2.50. The second kappa shape index (κ2) is 13.2. The predicted molar refractivity (Wildman–Crippen MR) is 125 cm³/mol. The van der Waals surface area contributed by atoms with Gasteiger partial charge in [-0.3, -0.25) is 14.8 Å². The van der Waals surface area contributed by atoms with E-state index in [1.807, 2.05) is 0 Å². The maximum absolute atomic E-state index is 5.43. The van der Waals surface area contributed by atoms with E-state index in [0.717, 1.165) is 58.4 Å². The van der Waals surface area contributed by atoms with Gasteiger partial charge in [0, 0.05) is 38.3 Å². The van der Waals surface area contributed by atoms with Gasteiger partial charge in [0.25, 0.3) is 0 Å². The van der Waals surface area contributed by atoms with E-state index >= 15 is 0 Å². The Hall–Kier alpha value is -0.120. The molecule has 2 rings (SSSR count). The summed E-state index contributed by atoms with van der Waals surface area (Å²) in [5, 5.41) is 6.95. The van der Waals surface area contributed by atoms with Crippen LogP contribution in [0.3, 0.4) is 0 Å². The molecule has 2 saturated heterocycles. The van der Waals surface area contributed by atoms with Crippen LogP contribution in [0.2, 0.25) is 0 Å². The second-order valence-electron chi connectivity index (χ2n) is 8.45. The zero-order valence-electron chi connectivity index (χ0n) is 17.9. The van der Waals surface area contributed by atoms with Crippen molar-refractivity contribution in [3.05, 3.63) is 0 Å². The zero-order chi connectivity index (χ0) is 18.8. The van der Waals surface area contributed by atoms with Crippen molar-refractivity contribution in [2.24, 2.45) is 10.9 Å². The Kier molecular flexibility index (Phi) is 12.2. The first-order valence-electron chi connectivity index (χ1n) is 10.6. The Balaban J connectivity index is 0.00000364. The molecule has 0 radical (unpaired) electrons. The van der Waals surface area contributed by atoms with Gasteiger partial charge in [-0.2, -0.15) is 0 Å². The van der Waals surface area contributed by atoms with E-state index in [-0.39, 0.29) is 29.5 Å². The van der Waals surface area contributed by atoms with E-state index in [2.05, 4.69) is 48.1 Å². The molecule has 7 heteroatoms. The minimum absolute atomic E-state index is 0. The molecule has 0 aromatic rings. The van der Waals surface area contributed by atoms with E-state index in [9.17, 15) is 0 Å². The molecule has 160 valence electrons. The highest BCUT2D eigenvalue weighted by molar-refractivity contribution is 14.0. The van der Waals surface area contributed by atoms with E-state index in [1.54, 1.807) is 0 Å². The Morgan fingerprint density at radius 2 is 1.74 bits per heavy atom. The molecule has 2 heterocycles. The molecule has 2 aliphatic rings. The normalized spacial score (nSPS) is 21.4. The van der Waals surface area contributed by atoms with Crippen LogP contribution in [0.4, 0.5) is 0 Å². The van der Waals surface area contributed by atoms with Crippen molar-refractivity contribution < 1.29 is 4.74 Å². The zero-order valence-corrected chi connectivity index (χ0v) is 20.3. The molecule has 0 aliphatic carbocycles. The number of nitrogens with one attached hydrogen (secondary N) is 2. The maximum atomic E-state index is 5.43. The number of likely N-dealkylation sites (tertiary alicyclic amines) is 1. The summed E-state index contributed by atoms with van der Waals surface area (Å²) in [6.07, 6.45) is 4.02. The van der Waals surface area contributed by atoms with Crippen molar-refractivity contribution in [1.29, 1.82) is 0 Å². The number of halogens is 1. The van der Waals surface area contributed by atoms with Crippen LogP contribution in [0.25, 0.3) is 0 Å². The number of morpholine rings is 1. The molecule has 2 fully saturated rings. The van der Waals surface area contributed by atoms with Gasteiger partial charge in [-0.25, -0.2) is 0 Å². The van der Waals surface area contributed by atoms with E-state index in [4.69, 9.17) is 9.73 Å². The quantitative estimate of drug-likeness (QED) is 0.308. The van der Waals surface area contributed by atoms with Gasteiger partial charge in [0.1, 0.15) is 0 Å². The number of aliphatic imine (C=N–C) groups is 1. The molecule has 6 nitrogen and oxygen atoms in total. The molecular weight excluding hydrogens is 453 g/mol. The van der Waals surface area contributed by atoms with Gasteiger partial charge in [-0.05, 0) is 52.6 Å². The number of guanidine groups is 1. The number of hydrogen-bond acceptors (Lipinski definition) is 4. The Morgan fingerprint density at radius 3 is 2.37 bits per heavy atom. The van der Waals surface area contributed by atoms with Crippen molar-refractivity contribution in [2.45, 2.75) is 52.5 Å². The molecule has 2 N–H and O–H groups in total. The molecule has 0 bridgehead atoms. The van der Waals surface area contributed by atoms with E-state index < -0.39 is 0 Å². The molecule has 0 aromatic carbocycles. The van der Waals surface area contributed by atoms with Crippen LogP contribution in [-0.2, 0) is 4.74 Å². The van der Waals surface area contributed by atoms with Crippen LogP contribution in [0, 0.1) is 5.92 Å². The van der Waals surface area contributed by atoms with Crippen LogP contribution in [-0.4, -0.2) is 86.9 Å². The summed E-state index contributed by atoms with van der Waals surface area (Å²) >= 11 is 0. The first kappa shape index (κ1) is 24.9. The minimum Gasteiger partial charge on any atom is -0.379 e. The SMILES string of the molecule is CCNC(=NCC(C)(C)N1CCCCC1)NCC(C)CN1CCOCC1.I. The van der Waals surface area contributed by atoms with Gasteiger partial charge in [0.15, 0.2) is 5.96 Å². The van der Waals surface area contributed by atoms with Gasteiger partial charge < -0.3 is 15.4 Å². The highest BCUT2D eigenvalue weighted by atomic mass is 127. The average molecular weight is 495 g/mol. The van der Waals surface area contributed by atoms with Gasteiger partial charge in [0.2, 0.25) is 0 Å². The summed E-state index contributed by atoms with van der Waals surface area (Å²) in [6, 6.07) is 0. The van der Waals surface area contributed by atoms with Crippen molar-refractivity contribution in [3.63, 3.8) is 0 Å². The molecule has 0 saturated carbocycles. The number of piperidine rings is 1. The Bertz CT molecular complexity index is 421. The van der Waals surface area contributed by atoms with Crippen molar-refractivity contribution in [2.75, 3.05) is 65.6 Å². The summed E-state index contributed by atoms with van der Waals surface area (Å²) in [4.78, 5) is 10.00. The van der Waals surface area contributed by atoms with E-state index in [1.165, 1.54) is 32.4 Å². The van der Waals surface area contributed by atoms with Crippen LogP contribution in [0.15, 0.2) is 4.99 Å². The fourth-order valence-corrected chi connectivity index (χ4v) is 3.77. The third-order valence-electron chi connectivity index (χ3n) is 5.47. The maximum Gasteiger partial charge on any atom is 0.191 e. The van der Waals surface area contributed by atoms with E-state index in [0.29, 0.717) is 5.92 Å². The summed E-state index contributed by atoms with van der Waals surface area (Å²) in [5.41, 5.74) is 0.127. The molecule has 0 aromatic heterocycles. The molecule has 0 spiro atoms. The lowest BCUT2D eigenvalue weighted by Gasteiger charge is -2.40. The highest BCUT2D eigenvalue weighted by Gasteiger charge is 2.27.